The van der Waals surface area contributed by atoms with Crippen molar-refractivity contribution in [2.45, 2.75) is 6.54 Å². The van der Waals surface area contributed by atoms with Gasteiger partial charge in [-0.25, -0.2) is 4.57 Å². The monoisotopic (exact) mass is 344 g/mol. The number of nitrogens with zero attached hydrogens (tertiary/aromatic N) is 1. The first kappa shape index (κ1) is 16.4. The maximum Gasteiger partial charge on any atom is 0.182 e. The maximum absolute atomic E-state index is 6.09. The van der Waals surface area contributed by atoms with E-state index in [2.05, 4.69) is 10.8 Å². The van der Waals surface area contributed by atoms with E-state index in [1.54, 1.807) is 14.2 Å². The maximum atomic E-state index is 6.09. The van der Waals surface area contributed by atoms with Crippen LogP contribution in [0.3, 0.4) is 0 Å². The molecule has 3 aromatic rings. The van der Waals surface area contributed by atoms with Crippen molar-refractivity contribution in [3.63, 3.8) is 0 Å². The van der Waals surface area contributed by atoms with Gasteiger partial charge in [-0.15, -0.1) is 0 Å². The van der Waals surface area contributed by atoms with E-state index in [1.165, 1.54) is 0 Å². The summed E-state index contributed by atoms with van der Waals surface area (Å²) in [5.41, 5.74) is 0. The van der Waals surface area contributed by atoms with E-state index in [0.29, 0.717) is 17.4 Å². The molecule has 0 radical (unpaired) electrons. The van der Waals surface area contributed by atoms with Crippen LogP contribution in [-0.2, 0) is 6.54 Å². The fraction of sp³-hybridized carbons (Fsp3) is 0.211. The minimum absolute atomic E-state index is 0.535. The van der Waals surface area contributed by atoms with Crippen molar-refractivity contribution >= 4 is 22.4 Å². The Morgan fingerprint density at radius 2 is 1.62 bits per heavy atom. The van der Waals surface area contributed by atoms with Crippen molar-refractivity contribution in [3.05, 3.63) is 59.9 Å². The summed E-state index contributed by atoms with van der Waals surface area (Å²) < 4.78 is 18.5. The zero-order chi connectivity index (χ0) is 16.9. The van der Waals surface area contributed by atoms with E-state index in [-0.39, 0.29) is 0 Å². The van der Waals surface area contributed by atoms with Crippen LogP contribution in [0.15, 0.2) is 54.9 Å². The molecule has 0 fully saturated rings. The molecule has 0 spiro atoms. The third kappa shape index (κ3) is 3.54. The van der Waals surface area contributed by atoms with Crippen LogP contribution in [0.5, 0.6) is 17.2 Å². The van der Waals surface area contributed by atoms with Gasteiger partial charge in [0.15, 0.2) is 30.4 Å². The Morgan fingerprint density at radius 3 is 2.33 bits per heavy atom. The Balaban J connectivity index is 1.74. The van der Waals surface area contributed by atoms with Crippen molar-refractivity contribution in [3.8, 4) is 17.2 Å². The van der Waals surface area contributed by atoms with Gasteiger partial charge in [0.05, 0.1) is 19.2 Å². The van der Waals surface area contributed by atoms with Gasteiger partial charge >= 0.3 is 0 Å². The second-order valence-corrected chi connectivity index (χ2v) is 5.70. The summed E-state index contributed by atoms with van der Waals surface area (Å²) in [7, 11) is 3.27. The average Bonchev–Trinajstić information content (AvgIpc) is 2.62. The van der Waals surface area contributed by atoms with Gasteiger partial charge in [0.25, 0.3) is 0 Å². The predicted molar refractivity (Wildman–Crippen MR) is 94.2 cm³/mol. The number of hydrogen-bond donors (Lipinski definition) is 0. The van der Waals surface area contributed by atoms with Crippen LogP contribution in [0.2, 0.25) is 5.02 Å². The quantitative estimate of drug-likeness (QED) is 0.636. The fourth-order valence-electron chi connectivity index (χ4n) is 2.53. The van der Waals surface area contributed by atoms with E-state index in [4.69, 9.17) is 25.8 Å². The molecule has 0 aliphatic rings. The number of hydrogen-bond acceptors (Lipinski definition) is 3. The van der Waals surface area contributed by atoms with Crippen LogP contribution in [0.25, 0.3) is 10.8 Å². The lowest BCUT2D eigenvalue weighted by Crippen LogP contribution is -2.35. The highest BCUT2D eigenvalue weighted by Gasteiger charge is 2.10. The number of halogens is 1. The van der Waals surface area contributed by atoms with Crippen LogP contribution < -0.4 is 18.8 Å². The van der Waals surface area contributed by atoms with Crippen molar-refractivity contribution in [2.24, 2.45) is 0 Å². The molecule has 3 rings (SSSR count). The van der Waals surface area contributed by atoms with E-state index in [0.717, 1.165) is 28.8 Å². The van der Waals surface area contributed by atoms with Gasteiger partial charge in [-0.05, 0) is 29.7 Å². The van der Waals surface area contributed by atoms with Gasteiger partial charge in [0, 0.05) is 11.5 Å². The van der Waals surface area contributed by atoms with Gasteiger partial charge in [0.2, 0.25) is 0 Å². The molecule has 0 N–H and O–H groups in total. The Bertz CT molecular complexity index is 851. The number of rotatable bonds is 6. The van der Waals surface area contributed by atoms with E-state index in [9.17, 15) is 0 Å². The molecule has 0 atom stereocenters. The molecule has 0 unspecified atom stereocenters. The fourth-order valence-corrected chi connectivity index (χ4v) is 2.72. The van der Waals surface area contributed by atoms with E-state index < -0.39 is 0 Å². The molecular weight excluding hydrogens is 326 g/mol. The molecule has 1 aromatic heterocycles. The highest BCUT2D eigenvalue weighted by Crippen LogP contribution is 2.31. The first-order valence-corrected chi connectivity index (χ1v) is 8.01. The predicted octanol–water partition coefficient (Wildman–Crippen LogP) is 3.88. The summed E-state index contributed by atoms with van der Waals surface area (Å²) in [6, 6.07) is 13.5. The number of pyridine rings is 1. The molecule has 0 amide bonds. The van der Waals surface area contributed by atoms with Crippen molar-refractivity contribution < 1.29 is 18.8 Å². The highest BCUT2D eigenvalue weighted by atomic mass is 35.5. The third-order valence-corrected chi connectivity index (χ3v) is 4.10. The number of benzene rings is 2. The SMILES string of the molecule is COc1cc2cc[n+](CCOc3ccccc3Cl)cc2cc1OC. The normalized spacial score (nSPS) is 10.6. The third-order valence-electron chi connectivity index (χ3n) is 3.78. The molecule has 0 saturated carbocycles. The van der Waals surface area contributed by atoms with Crippen molar-refractivity contribution in [2.75, 3.05) is 20.8 Å². The minimum Gasteiger partial charge on any atom is -0.493 e. The van der Waals surface area contributed by atoms with E-state index in [1.807, 2.05) is 48.7 Å². The van der Waals surface area contributed by atoms with Gasteiger partial charge < -0.3 is 14.2 Å². The van der Waals surface area contributed by atoms with Gasteiger partial charge in [-0.1, -0.05) is 23.7 Å². The number of fused-ring (bicyclic) bond motifs is 1. The molecule has 5 heteroatoms. The van der Waals surface area contributed by atoms with Crippen LogP contribution in [0, 0.1) is 0 Å². The summed E-state index contributed by atoms with van der Waals surface area (Å²) in [6.07, 6.45) is 4.08. The van der Waals surface area contributed by atoms with Crippen LogP contribution >= 0.6 is 11.6 Å². The van der Waals surface area contributed by atoms with Gasteiger partial charge in [-0.3, -0.25) is 0 Å². The molecule has 2 aromatic carbocycles. The summed E-state index contributed by atoms with van der Waals surface area (Å²) in [5, 5.41) is 2.79. The molecule has 0 aliphatic carbocycles. The molecule has 1 heterocycles. The zero-order valence-electron chi connectivity index (χ0n) is 13.7. The average molecular weight is 345 g/mol. The lowest BCUT2D eigenvalue weighted by Gasteiger charge is -2.09. The molecule has 0 aliphatic heterocycles. The summed E-state index contributed by atoms with van der Waals surface area (Å²) in [4.78, 5) is 0. The minimum atomic E-state index is 0.535. The van der Waals surface area contributed by atoms with Crippen LogP contribution in [0.4, 0.5) is 0 Å². The Hall–Kier alpha value is -2.46. The number of methoxy groups -OCH3 is 2. The second kappa shape index (κ2) is 7.41. The smallest absolute Gasteiger partial charge is 0.182 e. The Labute approximate surface area is 146 Å². The number of para-hydroxylation sites is 1. The van der Waals surface area contributed by atoms with Crippen LogP contribution in [-0.4, -0.2) is 20.8 Å². The van der Waals surface area contributed by atoms with Crippen molar-refractivity contribution in [1.29, 1.82) is 0 Å². The van der Waals surface area contributed by atoms with Gasteiger partial charge in [-0.2, -0.15) is 0 Å². The standard InChI is InChI=1S/C19H19ClNO3/c1-22-18-11-14-7-8-21(13-15(14)12-19(18)23-2)9-10-24-17-6-4-3-5-16(17)20/h3-8,11-13H,9-10H2,1-2H3/q+1. The number of ether oxygens (including phenoxy) is 3. The first-order chi connectivity index (χ1) is 11.7. The molecule has 24 heavy (non-hydrogen) atoms. The van der Waals surface area contributed by atoms with Gasteiger partial charge in [0.1, 0.15) is 12.4 Å². The summed E-state index contributed by atoms with van der Waals surface area (Å²) in [5.74, 6) is 2.15. The Kier molecular flexibility index (Phi) is 5.06. The lowest BCUT2D eigenvalue weighted by atomic mass is 10.1. The zero-order valence-corrected chi connectivity index (χ0v) is 14.4. The summed E-state index contributed by atoms with van der Waals surface area (Å²) in [6.45, 7) is 1.25. The van der Waals surface area contributed by atoms with E-state index >= 15 is 0 Å². The first-order valence-electron chi connectivity index (χ1n) is 7.63. The summed E-state index contributed by atoms with van der Waals surface area (Å²) >= 11 is 6.09. The molecule has 0 saturated heterocycles. The highest BCUT2D eigenvalue weighted by molar-refractivity contribution is 6.32. The second-order valence-electron chi connectivity index (χ2n) is 5.30. The number of aromatic nitrogens is 1. The molecule has 124 valence electrons. The van der Waals surface area contributed by atoms with Crippen molar-refractivity contribution in [1.82, 2.24) is 0 Å². The molecule has 4 nitrogen and oxygen atoms in total. The molecular formula is C19H19ClNO3+. The topological polar surface area (TPSA) is 31.6 Å². The Morgan fingerprint density at radius 1 is 0.917 bits per heavy atom. The lowest BCUT2D eigenvalue weighted by molar-refractivity contribution is -0.696. The largest absolute Gasteiger partial charge is 0.493 e. The molecule has 0 bridgehead atoms. The van der Waals surface area contributed by atoms with Crippen LogP contribution in [0.1, 0.15) is 0 Å².